The van der Waals surface area contributed by atoms with Gasteiger partial charge in [0, 0.05) is 35.3 Å². The van der Waals surface area contributed by atoms with Crippen molar-refractivity contribution in [2.24, 2.45) is 0 Å². The fraction of sp³-hybridized carbons (Fsp3) is 0.258. The molecule has 212 valence electrons. The van der Waals surface area contributed by atoms with Gasteiger partial charge in [0.15, 0.2) is 11.5 Å². The molecule has 0 saturated carbocycles. The van der Waals surface area contributed by atoms with E-state index in [9.17, 15) is 14.4 Å². The molecule has 0 bridgehead atoms. The molecule has 4 N–H and O–H groups in total. The Kier molecular flexibility index (Phi) is 7.82. The summed E-state index contributed by atoms with van der Waals surface area (Å²) in [6, 6.07) is 14.0. The van der Waals surface area contributed by atoms with Crippen molar-refractivity contribution in [1.29, 1.82) is 0 Å². The van der Waals surface area contributed by atoms with Crippen LogP contribution in [0.15, 0.2) is 59.5 Å². The lowest BCUT2D eigenvalue weighted by atomic mass is 9.95. The van der Waals surface area contributed by atoms with Crippen LogP contribution in [-0.2, 0) is 16.0 Å². The fourth-order valence-electron chi connectivity index (χ4n) is 5.37. The van der Waals surface area contributed by atoms with Crippen LogP contribution < -0.4 is 35.6 Å². The van der Waals surface area contributed by atoms with Gasteiger partial charge in [-0.15, -0.1) is 0 Å². The SMILES string of the molecule is COc1cc2c(c(OC)c1OC)-c1ccc(NCC(=O)Nc3ccc4[nH]ccc4c3)c(=O)cc1[C@@H](NC(C)=O)CC2. The van der Waals surface area contributed by atoms with E-state index in [0.717, 1.165) is 22.0 Å². The minimum absolute atomic E-state index is 0.116. The smallest absolute Gasteiger partial charge is 0.243 e. The number of aromatic amines is 1. The molecule has 0 aliphatic heterocycles. The molecule has 0 radical (unpaired) electrons. The third-order valence-electron chi connectivity index (χ3n) is 7.19. The molecule has 0 unspecified atom stereocenters. The van der Waals surface area contributed by atoms with Gasteiger partial charge in [0.2, 0.25) is 23.0 Å². The highest BCUT2D eigenvalue weighted by Crippen LogP contribution is 2.50. The zero-order chi connectivity index (χ0) is 29.1. The van der Waals surface area contributed by atoms with Gasteiger partial charge in [-0.3, -0.25) is 14.4 Å². The number of aromatic nitrogens is 1. The van der Waals surface area contributed by atoms with E-state index in [1.54, 1.807) is 20.3 Å². The van der Waals surface area contributed by atoms with Crippen molar-refractivity contribution in [2.75, 3.05) is 38.5 Å². The summed E-state index contributed by atoms with van der Waals surface area (Å²) in [5.41, 5.74) is 4.61. The second-order valence-electron chi connectivity index (χ2n) is 9.78. The van der Waals surface area contributed by atoms with Crippen LogP contribution in [0.3, 0.4) is 0 Å². The van der Waals surface area contributed by atoms with Crippen molar-refractivity contribution in [3.63, 3.8) is 0 Å². The van der Waals surface area contributed by atoms with Gasteiger partial charge in [0.1, 0.15) is 0 Å². The number of hydrogen-bond donors (Lipinski definition) is 4. The number of carbonyl (C=O) groups is 2. The lowest BCUT2D eigenvalue weighted by Crippen LogP contribution is -2.27. The fourth-order valence-corrected chi connectivity index (χ4v) is 5.37. The Morgan fingerprint density at radius 1 is 0.976 bits per heavy atom. The van der Waals surface area contributed by atoms with E-state index in [0.29, 0.717) is 46.9 Å². The Bertz CT molecular complexity index is 1700. The van der Waals surface area contributed by atoms with Crippen LogP contribution in [0.1, 0.15) is 30.5 Å². The van der Waals surface area contributed by atoms with Crippen LogP contribution in [0.25, 0.3) is 22.0 Å². The molecular weight excluding hydrogens is 524 g/mol. The van der Waals surface area contributed by atoms with Gasteiger partial charge in [-0.25, -0.2) is 0 Å². The van der Waals surface area contributed by atoms with Crippen LogP contribution in [0.5, 0.6) is 17.2 Å². The highest BCUT2D eigenvalue weighted by Gasteiger charge is 2.29. The Morgan fingerprint density at radius 2 is 1.78 bits per heavy atom. The van der Waals surface area contributed by atoms with Crippen molar-refractivity contribution in [3.8, 4) is 28.4 Å². The van der Waals surface area contributed by atoms with Gasteiger partial charge in [0.05, 0.1) is 39.6 Å². The minimum atomic E-state index is -0.420. The first-order valence-electron chi connectivity index (χ1n) is 13.2. The van der Waals surface area contributed by atoms with E-state index in [2.05, 4.69) is 20.9 Å². The number of benzene rings is 2. The average Bonchev–Trinajstić information content (AvgIpc) is 3.30. The molecule has 1 aromatic heterocycles. The normalized spacial score (nSPS) is 13.8. The highest BCUT2D eigenvalue weighted by molar-refractivity contribution is 5.96. The van der Waals surface area contributed by atoms with Crippen molar-refractivity contribution >= 4 is 34.1 Å². The zero-order valence-electron chi connectivity index (χ0n) is 23.3. The number of hydrogen-bond acceptors (Lipinski definition) is 7. The zero-order valence-corrected chi connectivity index (χ0v) is 23.3. The molecule has 0 fully saturated rings. The summed E-state index contributed by atoms with van der Waals surface area (Å²) in [7, 11) is 4.65. The lowest BCUT2D eigenvalue weighted by Gasteiger charge is -2.19. The molecule has 1 aliphatic rings. The average molecular weight is 557 g/mol. The molecule has 10 nitrogen and oxygen atoms in total. The molecule has 4 aromatic rings. The topological polar surface area (TPSA) is 131 Å². The Morgan fingerprint density at radius 3 is 2.51 bits per heavy atom. The number of fused-ring (bicyclic) bond motifs is 4. The monoisotopic (exact) mass is 556 g/mol. The van der Waals surface area contributed by atoms with Crippen LogP contribution in [0.4, 0.5) is 11.4 Å². The van der Waals surface area contributed by atoms with Crippen molar-refractivity contribution < 1.29 is 23.8 Å². The van der Waals surface area contributed by atoms with Gasteiger partial charge in [0.25, 0.3) is 0 Å². The van der Waals surface area contributed by atoms with Crippen molar-refractivity contribution in [2.45, 2.75) is 25.8 Å². The number of anilines is 2. The van der Waals surface area contributed by atoms with E-state index in [4.69, 9.17) is 14.2 Å². The third kappa shape index (κ3) is 5.54. The first kappa shape index (κ1) is 27.6. The Labute approximate surface area is 237 Å². The first-order valence-corrected chi connectivity index (χ1v) is 13.2. The number of H-pyrrole nitrogens is 1. The van der Waals surface area contributed by atoms with E-state index in [1.807, 2.05) is 42.6 Å². The minimum Gasteiger partial charge on any atom is -0.493 e. The Hall–Kier alpha value is -4.99. The first-order chi connectivity index (χ1) is 19.8. The van der Waals surface area contributed by atoms with E-state index >= 15 is 0 Å². The summed E-state index contributed by atoms with van der Waals surface area (Å²) < 4.78 is 17.0. The molecular formula is C31H32N4O6. The molecule has 2 amide bonds. The maximum Gasteiger partial charge on any atom is 0.243 e. The van der Waals surface area contributed by atoms with Gasteiger partial charge in [-0.1, -0.05) is 6.07 Å². The second-order valence-corrected chi connectivity index (χ2v) is 9.78. The largest absolute Gasteiger partial charge is 0.493 e. The van der Waals surface area contributed by atoms with Crippen molar-refractivity contribution in [3.05, 3.63) is 76.1 Å². The number of nitrogens with one attached hydrogen (secondary N) is 4. The number of carbonyl (C=O) groups excluding carboxylic acids is 2. The number of methoxy groups -OCH3 is 3. The number of ether oxygens (including phenoxy) is 3. The molecule has 1 heterocycles. The van der Waals surface area contributed by atoms with Crippen LogP contribution in [-0.4, -0.2) is 44.7 Å². The van der Waals surface area contributed by atoms with Crippen LogP contribution in [0.2, 0.25) is 0 Å². The summed E-state index contributed by atoms with van der Waals surface area (Å²) in [4.78, 5) is 41.4. The number of amides is 2. The van der Waals surface area contributed by atoms with Gasteiger partial charge >= 0.3 is 0 Å². The number of aryl methyl sites for hydroxylation is 1. The highest BCUT2D eigenvalue weighted by atomic mass is 16.5. The summed E-state index contributed by atoms with van der Waals surface area (Å²) >= 11 is 0. The predicted molar refractivity (Wildman–Crippen MR) is 158 cm³/mol. The maximum atomic E-state index is 13.4. The van der Waals surface area contributed by atoms with Gasteiger partial charge < -0.3 is 35.1 Å². The van der Waals surface area contributed by atoms with E-state index in [1.165, 1.54) is 20.1 Å². The molecule has 5 rings (SSSR count). The third-order valence-corrected chi connectivity index (χ3v) is 7.19. The summed E-state index contributed by atoms with van der Waals surface area (Å²) in [5.74, 6) is 0.919. The van der Waals surface area contributed by atoms with Gasteiger partial charge in [-0.05, 0) is 72.0 Å². The molecule has 1 aliphatic carbocycles. The molecule has 0 saturated heterocycles. The standard InChI is InChI=1S/C31H32N4O6/c1-17(36)34-24-8-5-19-14-27(39-2)30(40-3)31(41-4)29(19)21-7-10-25(26(37)15-22(21)24)33-16-28(38)35-20-6-9-23-18(13-20)11-12-32-23/h6-7,9-15,24,32H,5,8,16H2,1-4H3,(H,33,37)(H,34,36)(H,35,38)/t24-/m0/s1. The maximum absolute atomic E-state index is 13.4. The molecule has 3 aromatic carbocycles. The molecule has 41 heavy (non-hydrogen) atoms. The predicted octanol–water partition coefficient (Wildman–Crippen LogP) is 4.39. The van der Waals surface area contributed by atoms with E-state index in [-0.39, 0.29) is 29.5 Å². The molecule has 10 heteroatoms. The van der Waals surface area contributed by atoms with Gasteiger partial charge in [-0.2, -0.15) is 0 Å². The number of rotatable bonds is 8. The Balaban J connectivity index is 1.51. The second kappa shape index (κ2) is 11.6. The van der Waals surface area contributed by atoms with E-state index < -0.39 is 6.04 Å². The molecule has 1 atom stereocenters. The molecule has 0 spiro atoms. The summed E-state index contributed by atoms with van der Waals surface area (Å²) in [6.07, 6.45) is 2.99. The van der Waals surface area contributed by atoms with Crippen LogP contribution >= 0.6 is 0 Å². The summed E-state index contributed by atoms with van der Waals surface area (Å²) in [5, 5.41) is 9.80. The summed E-state index contributed by atoms with van der Waals surface area (Å²) in [6.45, 7) is 1.33. The quantitative estimate of drug-likeness (QED) is 0.253. The van der Waals surface area contributed by atoms with Crippen molar-refractivity contribution in [1.82, 2.24) is 10.3 Å². The van der Waals surface area contributed by atoms with Crippen LogP contribution in [0, 0.1) is 0 Å². The lowest BCUT2D eigenvalue weighted by molar-refractivity contribution is -0.119.